The Morgan fingerprint density at radius 1 is 1.27 bits per heavy atom. The number of methoxy groups -OCH3 is 1. The lowest BCUT2D eigenvalue weighted by Crippen LogP contribution is -2.16. The van der Waals surface area contributed by atoms with E-state index >= 15 is 0 Å². The first kappa shape index (κ1) is 18.4. The first-order valence-electron chi connectivity index (χ1n) is 8.52. The fourth-order valence-electron chi connectivity index (χ4n) is 3.13. The highest BCUT2D eigenvalue weighted by molar-refractivity contribution is 7.93. The SMILES string of the molecule is COc1ccc(C(=O)c2cnn(C)c2O)c(C)c1N=S1(=O)CCCCC1. The number of benzene rings is 1. The van der Waals surface area contributed by atoms with Gasteiger partial charge in [0.25, 0.3) is 0 Å². The lowest BCUT2D eigenvalue weighted by atomic mass is 9.99. The van der Waals surface area contributed by atoms with Gasteiger partial charge in [0.05, 0.1) is 23.0 Å². The lowest BCUT2D eigenvalue weighted by Gasteiger charge is -2.18. The smallest absolute Gasteiger partial charge is 0.220 e. The maximum absolute atomic E-state index is 13.0. The average Bonchev–Trinajstić information content (AvgIpc) is 2.96. The van der Waals surface area contributed by atoms with Crippen molar-refractivity contribution in [2.75, 3.05) is 18.6 Å². The van der Waals surface area contributed by atoms with E-state index in [-0.39, 0.29) is 17.2 Å². The second kappa shape index (κ2) is 7.11. The average molecular weight is 377 g/mol. The van der Waals surface area contributed by atoms with Crippen molar-refractivity contribution in [2.24, 2.45) is 11.4 Å². The van der Waals surface area contributed by atoms with Crippen molar-refractivity contribution in [3.05, 3.63) is 35.0 Å². The molecule has 1 fully saturated rings. The molecule has 0 unspecified atom stereocenters. The fraction of sp³-hybridized carbons (Fsp3) is 0.444. The number of carbonyl (C=O) groups excluding carboxylic acids is 1. The summed E-state index contributed by atoms with van der Waals surface area (Å²) in [6.07, 6.45) is 4.19. The molecule has 7 nitrogen and oxygen atoms in total. The van der Waals surface area contributed by atoms with Gasteiger partial charge in [-0.1, -0.05) is 6.42 Å². The van der Waals surface area contributed by atoms with Gasteiger partial charge in [-0.15, -0.1) is 0 Å². The van der Waals surface area contributed by atoms with E-state index in [4.69, 9.17) is 4.74 Å². The van der Waals surface area contributed by atoms with Crippen LogP contribution in [0.25, 0.3) is 0 Å². The van der Waals surface area contributed by atoms with Gasteiger partial charge >= 0.3 is 0 Å². The highest BCUT2D eigenvalue weighted by Crippen LogP contribution is 2.36. The molecule has 0 atom stereocenters. The molecule has 0 aliphatic carbocycles. The summed E-state index contributed by atoms with van der Waals surface area (Å²) in [6, 6.07) is 3.29. The topological polar surface area (TPSA) is 93.8 Å². The number of aryl methyl sites for hydroxylation is 1. The van der Waals surface area contributed by atoms with Gasteiger partial charge in [0.1, 0.15) is 17.0 Å². The largest absolute Gasteiger partial charge is 0.494 e. The molecule has 0 bridgehead atoms. The number of aromatic nitrogens is 2. The van der Waals surface area contributed by atoms with Crippen LogP contribution in [0.15, 0.2) is 22.7 Å². The molecule has 1 aliphatic rings. The minimum atomic E-state index is -2.34. The highest BCUT2D eigenvalue weighted by Gasteiger charge is 2.23. The minimum Gasteiger partial charge on any atom is -0.494 e. The molecule has 140 valence electrons. The van der Waals surface area contributed by atoms with Gasteiger partial charge in [-0.3, -0.25) is 4.79 Å². The van der Waals surface area contributed by atoms with Crippen LogP contribution in [0.5, 0.6) is 11.6 Å². The molecular formula is C18H23N3O4S. The number of ether oxygens (including phenoxy) is 1. The van der Waals surface area contributed by atoms with E-state index in [1.54, 1.807) is 26.1 Å². The van der Waals surface area contributed by atoms with Gasteiger partial charge < -0.3 is 9.84 Å². The van der Waals surface area contributed by atoms with Crippen LogP contribution in [0.4, 0.5) is 5.69 Å². The van der Waals surface area contributed by atoms with Gasteiger partial charge in [0.2, 0.25) is 5.88 Å². The van der Waals surface area contributed by atoms with Crippen LogP contribution < -0.4 is 4.74 Å². The van der Waals surface area contributed by atoms with Crippen molar-refractivity contribution in [3.63, 3.8) is 0 Å². The van der Waals surface area contributed by atoms with Crippen LogP contribution in [-0.4, -0.2) is 43.5 Å². The van der Waals surface area contributed by atoms with Gasteiger partial charge in [0, 0.05) is 24.1 Å². The molecule has 2 heterocycles. The minimum absolute atomic E-state index is 0.119. The summed E-state index contributed by atoms with van der Waals surface area (Å²) in [4.78, 5) is 12.9. The lowest BCUT2D eigenvalue weighted by molar-refractivity contribution is 0.103. The van der Waals surface area contributed by atoms with Crippen molar-refractivity contribution >= 4 is 21.2 Å². The van der Waals surface area contributed by atoms with E-state index in [2.05, 4.69) is 9.46 Å². The summed E-state index contributed by atoms with van der Waals surface area (Å²) < 4.78 is 24.2. The number of nitrogens with zero attached hydrogens (tertiary/aromatic N) is 3. The maximum Gasteiger partial charge on any atom is 0.220 e. The monoisotopic (exact) mass is 377 g/mol. The zero-order valence-corrected chi connectivity index (χ0v) is 16.0. The predicted octanol–water partition coefficient (Wildman–Crippen LogP) is 2.96. The van der Waals surface area contributed by atoms with Gasteiger partial charge in [0.15, 0.2) is 5.78 Å². The summed E-state index contributed by atoms with van der Waals surface area (Å²) in [5.74, 6) is 1.07. The zero-order chi connectivity index (χ0) is 18.9. The number of ketones is 1. The van der Waals surface area contributed by atoms with Crippen molar-refractivity contribution in [3.8, 4) is 11.6 Å². The Hall–Kier alpha value is -2.35. The molecule has 2 aromatic rings. The summed E-state index contributed by atoms with van der Waals surface area (Å²) >= 11 is 0. The standard InChI is InChI=1S/C18H23N3O4S/c1-12-13(17(22)14-11-19-21(2)18(14)23)7-8-15(25-3)16(12)20-26(24)9-5-4-6-10-26/h7-8,11,23H,4-6,9-10H2,1-3H3. The quantitative estimate of drug-likeness (QED) is 0.827. The van der Waals surface area contributed by atoms with Crippen molar-refractivity contribution in [1.82, 2.24) is 9.78 Å². The van der Waals surface area contributed by atoms with E-state index in [1.165, 1.54) is 18.0 Å². The second-order valence-corrected chi connectivity index (χ2v) is 9.00. The number of hydrogen-bond acceptors (Lipinski definition) is 6. The third-order valence-corrected chi connectivity index (χ3v) is 7.06. The molecule has 1 aromatic carbocycles. The Balaban J connectivity index is 2.12. The zero-order valence-electron chi connectivity index (χ0n) is 15.2. The molecule has 3 rings (SSSR count). The molecule has 1 N–H and O–H groups in total. The predicted molar refractivity (Wildman–Crippen MR) is 99.9 cm³/mol. The van der Waals surface area contributed by atoms with Gasteiger partial charge in [-0.25, -0.2) is 8.89 Å². The third-order valence-electron chi connectivity index (χ3n) is 4.69. The van der Waals surface area contributed by atoms with E-state index < -0.39 is 9.73 Å². The Morgan fingerprint density at radius 3 is 2.54 bits per heavy atom. The molecular weight excluding hydrogens is 354 g/mol. The number of carbonyl (C=O) groups is 1. The Bertz CT molecular complexity index is 959. The van der Waals surface area contributed by atoms with E-state index in [1.807, 2.05) is 0 Å². The van der Waals surface area contributed by atoms with Crippen molar-refractivity contribution < 1.29 is 18.8 Å². The van der Waals surface area contributed by atoms with Crippen molar-refractivity contribution in [1.29, 1.82) is 0 Å². The van der Waals surface area contributed by atoms with Crippen molar-refractivity contribution in [2.45, 2.75) is 26.2 Å². The van der Waals surface area contributed by atoms with Crippen LogP contribution in [0, 0.1) is 6.92 Å². The molecule has 0 saturated carbocycles. The highest BCUT2D eigenvalue weighted by atomic mass is 32.2. The molecule has 1 saturated heterocycles. The summed E-state index contributed by atoms with van der Waals surface area (Å²) in [5, 5.41) is 13.9. The first-order chi connectivity index (χ1) is 12.4. The number of aromatic hydroxyl groups is 1. The fourth-order valence-corrected chi connectivity index (χ4v) is 5.38. The second-order valence-electron chi connectivity index (χ2n) is 6.46. The van der Waals surface area contributed by atoms with Crippen LogP contribution >= 0.6 is 0 Å². The van der Waals surface area contributed by atoms with Crippen LogP contribution in [-0.2, 0) is 16.8 Å². The normalized spacial score (nSPS) is 16.3. The molecule has 0 spiro atoms. The summed E-state index contributed by atoms with van der Waals surface area (Å²) in [6.45, 7) is 1.76. The molecule has 1 aliphatic heterocycles. The van der Waals surface area contributed by atoms with Gasteiger partial charge in [-0.2, -0.15) is 9.46 Å². The molecule has 26 heavy (non-hydrogen) atoms. The van der Waals surface area contributed by atoms with Crippen LogP contribution in [0.1, 0.15) is 40.7 Å². The number of hydrogen-bond donors (Lipinski definition) is 1. The molecule has 0 amide bonds. The van der Waals surface area contributed by atoms with E-state index in [9.17, 15) is 14.1 Å². The van der Waals surface area contributed by atoms with Gasteiger partial charge in [-0.05, 0) is 37.5 Å². The first-order valence-corrected chi connectivity index (χ1v) is 10.4. The number of rotatable bonds is 4. The van der Waals surface area contributed by atoms with Crippen LogP contribution in [0.2, 0.25) is 0 Å². The van der Waals surface area contributed by atoms with E-state index in [0.717, 1.165) is 19.3 Å². The third kappa shape index (κ3) is 3.33. The Morgan fingerprint density at radius 2 is 1.96 bits per heavy atom. The summed E-state index contributed by atoms with van der Waals surface area (Å²) in [5.41, 5.74) is 1.54. The molecule has 8 heteroatoms. The molecule has 0 radical (unpaired) electrons. The Kier molecular flexibility index (Phi) is 5.04. The van der Waals surface area contributed by atoms with E-state index in [0.29, 0.717) is 34.1 Å². The maximum atomic E-state index is 13.0. The summed E-state index contributed by atoms with van der Waals surface area (Å²) in [7, 11) is 0.739. The Labute approximate surface area is 153 Å². The van der Waals surface area contributed by atoms with Crippen LogP contribution in [0.3, 0.4) is 0 Å². The molecule has 1 aromatic heterocycles.